The first-order valence-corrected chi connectivity index (χ1v) is 9.17. The molecule has 1 aromatic carbocycles. The van der Waals surface area contributed by atoms with Crippen molar-refractivity contribution < 1.29 is 18.0 Å². The van der Waals surface area contributed by atoms with Gasteiger partial charge in [0.25, 0.3) is 0 Å². The lowest BCUT2D eigenvalue weighted by molar-refractivity contribution is -0.137. The summed E-state index contributed by atoms with van der Waals surface area (Å²) in [5, 5.41) is 16.2. The molecule has 2 heterocycles. The third-order valence-corrected chi connectivity index (χ3v) is 5.01. The Morgan fingerprint density at radius 1 is 1.27 bits per heavy atom. The van der Waals surface area contributed by atoms with Gasteiger partial charge >= 0.3 is 6.18 Å². The summed E-state index contributed by atoms with van der Waals surface area (Å²) in [7, 11) is 0. The summed E-state index contributed by atoms with van der Waals surface area (Å²) in [6.45, 7) is 0.488. The van der Waals surface area contributed by atoms with Crippen LogP contribution in [0.15, 0.2) is 46.9 Å². The molecule has 0 bridgehead atoms. The van der Waals surface area contributed by atoms with Gasteiger partial charge in [0.15, 0.2) is 0 Å². The van der Waals surface area contributed by atoms with Crippen LogP contribution in [0, 0.1) is 0 Å². The van der Waals surface area contributed by atoms with Gasteiger partial charge in [-0.15, -0.1) is 16.4 Å². The number of thioether (sulfide) groups is 1. The van der Waals surface area contributed by atoms with Crippen molar-refractivity contribution in [1.82, 2.24) is 20.2 Å². The predicted molar refractivity (Wildman–Crippen MR) is 92.0 cm³/mol. The van der Waals surface area contributed by atoms with Crippen LogP contribution in [-0.4, -0.2) is 31.9 Å². The Morgan fingerprint density at radius 3 is 2.85 bits per heavy atom. The summed E-state index contributed by atoms with van der Waals surface area (Å²) < 4.78 is 39.7. The normalized spacial score (nSPS) is 11.5. The molecule has 0 fully saturated rings. The lowest BCUT2D eigenvalue weighted by atomic mass is 10.2. The number of rotatable bonds is 6. The Hall–Kier alpha value is -2.40. The van der Waals surface area contributed by atoms with E-state index in [1.807, 2.05) is 17.5 Å². The SMILES string of the molecule is O=C(CSc1nnnn1Cc1cccs1)Nc1cccc(C(F)(F)F)c1. The van der Waals surface area contributed by atoms with Gasteiger partial charge in [0.05, 0.1) is 17.9 Å². The van der Waals surface area contributed by atoms with Crippen molar-refractivity contribution in [1.29, 1.82) is 0 Å². The number of halogens is 3. The highest BCUT2D eigenvalue weighted by molar-refractivity contribution is 7.99. The van der Waals surface area contributed by atoms with Crippen molar-refractivity contribution in [2.75, 3.05) is 11.1 Å². The van der Waals surface area contributed by atoms with Crippen molar-refractivity contribution in [2.45, 2.75) is 17.9 Å². The van der Waals surface area contributed by atoms with E-state index in [2.05, 4.69) is 20.8 Å². The number of tetrazole rings is 1. The van der Waals surface area contributed by atoms with Crippen molar-refractivity contribution in [3.63, 3.8) is 0 Å². The van der Waals surface area contributed by atoms with Crippen molar-refractivity contribution in [2.24, 2.45) is 0 Å². The van der Waals surface area contributed by atoms with E-state index in [0.717, 1.165) is 28.8 Å². The Balaban J connectivity index is 1.58. The second kappa shape index (κ2) is 7.87. The molecular formula is C15H12F3N5OS2. The molecule has 0 unspecified atom stereocenters. The van der Waals surface area contributed by atoms with Crippen molar-refractivity contribution in [3.8, 4) is 0 Å². The second-order valence-corrected chi connectivity index (χ2v) is 7.09. The van der Waals surface area contributed by atoms with Crippen molar-refractivity contribution in [3.05, 3.63) is 52.2 Å². The largest absolute Gasteiger partial charge is 0.416 e. The quantitative estimate of drug-likeness (QED) is 0.642. The van der Waals surface area contributed by atoms with Gasteiger partial charge in [0.2, 0.25) is 11.1 Å². The molecule has 0 saturated carbocycles. The molecule has 0 aliphatic carbocycles. The first-order valence-electron chi connectivity index (χ1n) is 7.30. The maximum atomic E-state index is 12.7. The lowest BCUT2D eigenvalue weighted by Crippen LogP contribution is -2.15. The molecule has 0 saturated heterocycles. The van der Waals surface area contributed by atoms with Crippen LogP contribution in [0.25, 0.3) is 0 Å². The molecule has 11 heteroatoms. The number of carbonyl (C=O) groups excluding carboxylic acids is 1. The number of aromatic nitrogens is 4. The standard InChI is InChI=1S/C15H12F3N5OS2/c16-15(17,18)10-3-1-4-11(7-10)19-13(24)9-26-14-20-21-22-23(14)8-12-5-2-6-25-12/h1-7H,8-9H2,(H,19,24). The number of benzene rings is 1. The van der Waals surface area contributed by atoms with Crippen LogP contribution in [0.2, 0.25) is 0 Å². The fraction of sp³-hybridized carbons (Fsp3) is 0.200. The number of hydrogen-bond acceptors (Lipinski definition) is 6. The third kappa shape index (κ3) is 4.82. The minimum atomic E-state index is -4.46. The van der Waals surface area contributed by atoms with Crippen LogP contribution in [0.4, 0.5) is 18.9 Å². The molecule has 1 amide bonds. The molecule has 0 radical (unpaired) electrons. The van der Waals surface area contributed by atoms with Crippen LogP contribution in [-0.2, 0) is 17.5 Å². The molecular weight excluding hydrogens is 387 g/mol. The Bertz CT molecular complexity index is 880. The predicted octanol–water partition coefficient (Wildman–Crippen LogP) is 3.53. The van der Waals surface area contributed by atoms with E-state index in [1.54, 1.807) is 16.0 Å². The van der Waals surface area contributed by atoms with Gasteiger partial charge < -0.3 is 5.32 Å². The zero-order chi connectivity index (χ0) is 18.6. The number of hydrogen-bond donors (Lipinski definition) is 1. The Morgan fingerprint density at radius 2 is 2.12 bits per heavy atom. The van der Waals surface area contributed by atoms with Crippen LogP contribution < -0.4 is 5.32 Å². The maximum absolute atomic E-state index is 12.7. The van der Waals surface area contributed by atoms with Gasteiger partial charge in [-0.1, -0.05) is 23.9 Å². The van der Waals surface area contributed by atoms with Crippen LogP contribution in [0.5, 0.6) is 0 Å². The molecule has 3 rings (SSSR count). The number of alkyl halides is 3. The molecule has 0 atom stereocenters. The van der Waals surface area contributed by atoms with Gasteiger partial charge in [-0.25, -0.2) is 4.68 Å². The lowest BCUT2D eigenvalue weighted by Gasteiger charge is -2.09. The molecule has 0 spiro atoms. The first kappa shape index (κ1) is 18.4. The number of amides is 1. The molecule has 1 N–H and O–H groups in total. The molecule has 0 aliphatic heterocycles. The number of nitrogens with one attached hydrogen (secondary N) is 1. The van der Waals surface area contributed by atoms with Gasteiger partial charge in [-0.05, 0) is 40.1 Å². The van der Waals surface area contributed by atoms with E-state index in [4.69, 9.17) is 0 Å². The number of carbonyl (C=O) groups is 1. The Kier molecular flexibility index (Phi) is 5.57. The highest BCUT2D eigenvalue weighted by atomic mass is 32.2. The minimum absolute atomic E-state index is 0.0267. The number of nitrogens with zero attached hydrogens (tertiary/aromatic N) is 4. The summed E-state index contributed by atoms with van der Waals surface area (Å²) in [5.74, 6) is -0.471. The second-order valence-electron chi connectivity index (χ2n) is 5.11. The molecule has 6 nitrogen and oxygen atoms in total. The first-order chi connectivity index (χ1) is 12.4. The summed E-state index contributed by atoms with van der Waals surface area (Å²) >= 11 is 2.67. The van der Waals surface area contributed by atoms with Gasteiger partial charge in [-0.3, -0.25) is 4.79 Å². The number of anilines is 1. The zero-order valence-electron chi connectivity index (χ0n) is 13.1. The van der Waals surface area contributed by atoms with E-state index in [0.29, 0.717) is 11.7 Å². The fourth-order valence-electron chi connectivity index (χ4n) is 2.05. The monoisotopic (exact) mass is 399 g/mol. The summed E-state index contributed by atoms with van der Waals surface area (Å²) in [6, 6.07) is 8.35. The van der Waals surface area contributed by atoms with E-state index in [1.165, 1.54) is 12.1 Å². The highest BCUT2D eigenvalue weighted by Gasteiger charge is 2.30. The zero-order valence-corrected chi connectivity index (χ0v) is 14.7. The van der Waals surface area contributed by atoms with E-state index < -0.39 is 17.6 Å². The Labute approximate surface area is 154 Å². The molecule has 3 aromatic rings. The van der Waals surface area contributed by atoms with Crippen molar-refractivity contribution >= 4 is 34.7 Å². The highest BCUT2D eigenvalue weighted by Crippen LogP contribution is 2.30. The van der Waals surface area contributed by atoms with Gasteiger partial charge in [0, 0.05) is 10.6 Å². The van der Waals surface area contributed by atoms with Gasteiger partial charge in [-0.2, -0.15) is 13.2 Å². The van der Waals surface area contributed by atoms with E-state index in [-0.39, 0.29) is 11.4 Å². The average molecular weight is 399 g/mol. The third-order valence-electron chi connectivity index (χ3n) is 3.19. The topological polar surface area (TPSA) is 72.7 Å². The van der Waals surface area contributed by atoms with E-state index in [9.17, 15) is 18.0 Å². The van der Waals surface area contributed by atoms with E-state index >= 15 is 0 Å². The average Bonchev–Trinajstić information content (AvgIpc) is 3.25. The van der Waals surface area contributed by atoms with Crippen LogP contribution in [0.3, 0.4) is 0 Å². The molecule has 2 aromatic heterocycles. The van der Waals surface area contributed by atoms with Gasteiger partial charge in [0.1, 0.15) is 0 Å². The molecule has 136 valence electrons. The van der Waals surface area contributed by atoms with Crippen LogP contribution >= 0.6 is 23.1 Å². The smallest absolute Gasteiger partial charge is 0.325 e. The maximum Gasteiger partial charge on any atom is 0.416 e. The molecule has 0 aliphatic rings. The fourth-order valence-corrected chi connectivity index (χ4v) is 3.41. The molecule has 26 heavy (non-hydrogen) atoms. The minimum Gasteiger partial charge on any atom is -0.325 e. The van der Waals surface area contributed by atoms with Crippen LogP contribution in [0.1, 0.15) is 10.4 Å². The summed E-state index contributed by atoms with van der Waals surface area (Å²) in [4.78, 5) is 13.1. The summed E-state index contributed by atoms with van der Waals surface area (Å²) in [6.07, 6.45) is -4.46. The summed E-state index contributed by atoms with van der Waals surface area (Å²) in [5.41, 5.74) is -0.730. The number of thiophene rings is 1.